The van der Waals surface area contributed by atoms with E-state index in [2.05, 4.69) is 5.32 Å². The third kappa shape index (κ3) is 4.13. The fraction of sp³-hybridized carbons (Fsp3) is 0.333. The van der Waals surface area contributed by atoms with Gasteiger partial charge in [0.1, 0.15) is 5.82 Å². The average Bonchev–Trinajstić information content (AvgIpc) is 2.58. The molecule has 0 radical (unpaired) electrons. The minimum Gasteiger partial charge on any atom is -0.493 e. The molecule has 0 amide bonds. The molecular formula is C18H22FNO3. The SMILES string of the molecule is COc1cc(C(C)NCc2cccc(F)c2)cc(OC)c1OC. The monoisotopic (exact) mass is 319 g/mol. The number of rotatable bonds is 7. The third-order valence-corrected chi connectivity index (χ3v) is 3.69. The molecule has 4 nitrogen and oxygen atoms in total. The molecule has 0 heterocycles. The summed E-state index contributed by atoms with van der Waals surface area (Å²) in [6.45, 7) is 2.59. The average molecular weight is 319 g/mol. The Morgan fingerprint density at radius 1 is 1.00 bits per heavy atom. The molecule has 2 aromatic rings. The molecule has 0 aliphatic heterocycles. The van der Waals surface area contributed by atoms with Gasteiger partial charge in [-0.25, -0.2) is 4.39 Å². The lowest BCUT2D eigenvalue weighted by molar-refractivity contribution is 0.323. The number of nitrogens with one attached hydrogen (secondary N) is 1. The number of ether oxygens (including phenoxy) is 3. The summed E-state index contributed by atoms with van der Waals surface area (Å²) in [7, 11) is 4.75. The summed E-state index contributed by atoms with van der Waals surface area (Å²) in [6, 6.07) is 10.4. The fourth-order valence-electron chi connectivity index (χ4n) is 2.39. The Balaban J connectivity index is 2.16. The van der Waals surface area contributed by atoms with Gasteiger partial charge in [-0.3, -0.25) is 0 Å². The molecule has 0 aliphatic rings. The maximum absolute atomic E-state index is 13.2. The first-order valence-corrected chi connectivity index (χ1v) is 7.36. The predicted molar refractivity (Wildman–Crippen MR) is 87.8 cm³/mol. The van der Waals surface area contributed by atoms with Crippen LogP contribution in [0, 0.1) is 5.82 Å². The van der Waals surface area contributed by atoms with Gasteiger partial charge >= 0.3 is 0 Å². The second kappa shape index (κ2) is 7.83. The summed E-state index contributed by atoms with van der Waals surface area (Å²) < 4.78 is 29.3. The van der Waals surface area contributed by atoms with E-state index in [1.807, 2.05) is 25.1 Å². The Hall–Kier alpha value is -2.27. The molecule has 0 spiro atoms. The molecule has 0 saturated carbocycles. The largest absolute Gasteiger partial charge is 0.493 e. The Kier molecular flexibility index (Phi) is 5.82. The van der Waals surface area contributed by atoms with E-state index in [1.54, 1.807) is 27.4 Å². The maximum atomic E-state index is 13.2. The Morgan fingerprint density at radius 2 is 1.65 bits per heavy atom. The van der Waals surface area contributed by atoms with Gasteiger partial charge in [0.15, 0.2) is 11.5 Å². The maximum Gasteiger partial charge on any atom is 0.203 e. The number of methoxy groups -OCH3 is 3. The van der Waals surface area contributed by atoms with Gasteiger partial charge in [0.2, 0.25) is 5.75 Å². The van der Waals surface area contributed by atoms with E-state index in [4.69, 9.17) is 14.2 Å². The zero-order valence-corrected chi connectivity index (χ0v) is 13.9. The van der Waals surface area contributed by atoms with E-state index in [0.29, 0.717) is 23.8 Å². The van der Waals surface area contributed by atoms with Crippen molar-refractivity contribution in [3.8, 4) is 17.2 Å². The number of hydrogen-bond acceptors (Lipinski definition) is 4. The van der Waals surface area contributed by atoms with E-state index in [-0.39, 0.29) is 11.9 Å². The highest BCUT2D eigenvalue weighted by molar-refractivity contribution is 5.54. The summed E-state index contributed by atoms with van der Waals surface area (Å²) in [4.78, 5) is 0. The zero-order chi connectivity index (χ0) is 16.8. The van der Waals surface area contributed by atoms with Gasteiger partial charge in [-0.15, -0.1) is 0 Å². The Labute approximate surface area is 136 Å². The van der Waals surface area contributed by atoms with Crippen LogP contribution in [0.25, 0.3) is 0 Å². The van der Waals surface area contributed by atoms with Crippen molar-refractivity contribution in [2.75, 3.05) is 21.3 Å². The van der Waals surface area contributed by atoms with E-state index in [9.17, 15) is 4.39 Å². The standard InChI is InChI=1S/C18H22FNO3/c1-12(20-11-13-6-5-7-15(19)8-13)14-9-16(21-2)18(23-4)17(10-14)22-3/h5-10,12,20H,11H2,1-4H3. The molecule has 0 saturated heterocycles. The van der Waals surface area contributed by atoms with Crippen LogP contribution < -0.4 is 19.5 Å². The van der Waals surface area contributed by atoms with E-state index < -0.39 is 0 Å². The van der Waals surface area contributed by atoms with Crippen LogP contribution >= 0.6 is 0 Å². The summed E-state index contributed by atoms with van der Waals surface area (Å²) in [5.74, 6) is 1.56. The normalized spacial score (nSPS) is 11.9. The lowest BCUT2D eigenvalue weighted by Gasteiger charge is -2.19. The molecule has 5 heteroatoms. The van der Waals surface area contributed by atoms with Crippen LogP contribution in [0.15, 0.2) is 36.4 Å². The fourth-order valence-corrected chi connectivity index (χ4v) is 2.39. The summed E-state index contributed by atoms with van der Waals surface area (Å²) in [6.07, 6.45) is 0. The van der Waals surface area contributed by atoms with Crippen molar-refractivity contribution in [1.29, 1.82) is 0 Å². The van der Waals surface area contributed by atoms with E-state index in [1.165, 1.54) is 12.1 Å². The summed E-state index contributed by atoms with van der Waals surface area (Å²) in [5, 5.41) is 3.36. The minimum absolute atomic E-state index is 0.0342. The minimum atomic E-state index is -0.232. The molecule has 23 heavy (non-hydrogen) atoms. The number of benzene rings is 2. The van der Waals surface area contributed by atoms with Crippen molar-refractivity contribution >= 4 is 0 Å². The first-order valence-electron chi connectivity index (χ1n) is 7.36. The van der Waals surface area contributed by atoms with Crippen molar-refractivity contribution < 1.29 is 18.6 Å². The molecule has 2 rings (SSSR count). The van der Waals surface area contributed by atoms with Crippen LogP contribution in [0.1, 0.15) is 24.1 Å². The third-order valence-electron chi connectivity index (χ3n) is 3.69. The van der Waals surface area contributed by atoms with Crippen LogP contribution in [0.4, 0.5) is 4.39 Å². The number of hydrogen-bond donors (Lipinski definition) is 1. The lowest BCUT2D eigenvalue weighted by Crippen LogP contribution is -2.18. The molecule has 0 fully saturated rings. The van der Waals surface area contributed by atoms with Crippen LogP contribution in [-0.4, -0.2) is 21.3 Å². The molecule has 1 atom stereocenters. The van der Waals surface area contributed by atoms with Crippen LogP contribution in [-0.2, 0) is 6.54 Å². The zero-order valence-electron chi connectivity index (χ0n) is 13.9. The topological polar surface area (TPSA) is 39.7 Å². The van der Waals surface area contributed by atoms with E-state index >= 15 is 0 Å². The van der Waals surface area contributed by atoms with Crippen molar-refractivity contribution in [2.45, 2.75) is 19.5 Å². The molecule has 2 aromatic carbocycles. The molecule has 0 bridgehead atoms. The van der Waals surface area contributed by atoms with Crippen LogP contribution in [0.5, 0.6) is 17.2 Å². The van der Waals surface area contributed by atoms with Gasteiger partial charge in [0, 0.05) is 12.6 Å². The van der Waals surface area contributed by atoms with Gasteiger partial charge in [-0.05, 0) is 42.3 Å². The first-order chi connectivity index (χ1) is 11.1. The Bertz CT molecular complexity index is 635. The van der Waals surface area contributed by atoms with Crippen molar-refractivity contribution in [3.63, 3.8) is 0 Å². The smallest absolute Gasteiger partial charge is 0.203 e. The van der Waals surface area contributed by atoms with Gasteiger partial charge in [0.05, 0.1) is 21.3 Å². The van der Waals surface area contributed by atoms with Crippen LogP contribution in [0.3, 0.4) is 0 Å². The predicted octanol–water partition coefficient (Wildman–Crippen LogP) is 3.70. The van der Waals surface area contributed by atoms with Gasteiger partial charge < -0.3 is 19.5 Å². The van der Waals surface area contributed by atoms with Crippen LogP contribution in [0.2, 0.25) is 0 Å². The van der Waals surface area contributed by atoms with Gasteiger partial charge in [-0.1, -0.05) is 12.1 Å². The molecule has 124 valence electrons. The quantitative estimate of drug-likeness (QED) is 0.844. The summed E-state index contributed by atoms with van der Waals surface area (Å²) in [5.41, 5.74) is 1.89. The van der Waals surface area contributed by atoms with Crippen molar-refractivity contribution in [1.82, 2.24) is 5.32 Å². The molecule has 0 aromatic heterocycles. The van der Waals surface area contributed by atoms with Crippen molar-refractivity contribution in [2.24, 2.45) is 0 Å². The molecule has 0 aliphatic carbocycles. The highest BCUT2D eigenvalue weighted by atomic mass is 19.1. The van der Waals surface area contributed by atoms with E-state index in [0.717, 1.165) is 11.1 Å². The molecule has 1 unspecified atom stereocenters. The second-order valence-electron chi connectivity index (χ2n) is 5.19. The highest BCUT2D eigenvalue weighted by Crippen LogP contribution is 2.39. The molecule has 1 N–H and O–H groups in total. The number of halogens is 1. The highest BCUT2D eigenvalue weighted by Gasteiger charge is 2.16. The lowest BCUT2D eigenvalue weighted by atomic mass is 10.1. The van der Waals surface area contributed by atoms with Gasteiger partial charge in [0.25, 0.3) is 0 Å². The van der Waals surface area contributed by atoms with Crippen molar-refractivity contribution in [3.05, 3.63) is 53.3 Å². The second-order valence-corrected chi connectivity index (χ2v) is 5.19. The van der Waals surface area contributed by atoms with Gasteiger partial charge in [-0.2, -0.15) is 0 Å². The summed E-state index contributed by atoms with van der Waals surface area (Å²) >= 11 is 0. The first kappa shape index (κ1) is 17.1. The molecular weight excluding hydrogens is 297 g/mol. The Morgan fingerprint density at radius 3 is 2.17 bits per heavy atom.